The Morgan fingerprint density at radius 3 is 1.60 bits per heavy atom. The highest BCUT2D eigenvalue weighted by Crippen LogP contribution is 2.35. The molecule has 0 aromatic heterocycles. The van der Waals surface area contributed by atoms with Gasteiger partial charge in [0.25, 0.3) is 0 Å². The Morgan fingerprint density at radius 1 is 0.596 bits per heavy atom. The number of unbranched alkanes of at least 4 members (excludes halogenated alkanes) is 16. The number of carbonyl (C=O) groups excluding carboxylic acids is 1. The van der Waals surface area contributed by atoms with Gasteiger partial charge in [0.1, 0.15) is 6.61 Å². The Kier molecular flexibility index (Phi) is 33.9. The van der Waals surface area contributed by atoms with E-state index in [9.17, 15) is 9.36 Å². The van der Waals surface area contributed by atoms with Crippen LogP contribution in [0.4, 0.5) is 0 Å². The van der Waals surface area contributed by atoms with Gasteiger partial charge < -0.3 is 19.3 Å². The fourth-order valence-electron chi connectivity index (χ4n) is 4.93. The molecule has 0 aliphatic carbocycles. The quantitative estimate of drug-likeness (QED) is 0.0229. The minimum absolute atomic E-state index is 0.0249. The van der Waals surface area contributed by atoms with Gasteiger partial charge in [-0.05, 0) is 63.9 Å². The van der Waals surface area contributed by atoms with Crippen molar-refractivity contribution in [2.45, 2.75) is 168 Å². The fraction of sp³-hybridized carbons (Fsp3) is 0.718. The third kappa shape index (κ3) is 38.4. The third-order valence-corrected chi connectivity index (χ3v) is 8.13. The summed E-state index contributed by atoms with van der Waals surface area (Å²) >= 11 is 0. The number of phosphoric ester groups is 1. The molecule has 0 rings (SSSR count). The van der Waals surface area contributed by atoms with Crippen LogP contribution in [0.2, 0.25) is 0 Å². The highest BCUT2D eigenvalue weighted by Gasteiger charge is 2.21. The molecule has 8 heteroatoms. The van der Waals surface area contributed by atoms with Crippen molar-refractivity contribution in [3.05, 3.63) is 60.9 Å². The molecule has 0 heterocycles. The van der Waals surface area contributed by atoms with Crippen LogP contribution in [0.3, 0.4) is 0 Å². The molecule has 0 aromatic rings. The molecule has 0 amide bonds. The van der Waals surface area contributed by atoms with Crippen LogP contribution in [0.1, 0.15) is 162 Å². The maximum absolute atomic E-state index is 12.3. The van der Waals surface area contributed by atoms with Gasteiger partial charge in [0.05, 0.1) is 12.9 Å². The molecule has 272 valence electrons. The van der Waals surface area contributed by atoms with E-state index >= 15 is 0 Å². The number of esters is 1. The van der Waals surface area contributed by atoms with Gasteiger partial charge in [-0.15, -0.1) is 0 Å². The number of rotatable bonds is 34. The summed E-state index contributed by atoms with van der Waals surface area (Å²) in [5, 5.41) is 0. The molecule has 0 aliphatic heterocycles. The van der Waals surface area contributed by atoms with Crippen molar-refractivity contribution in [2.24, 2.45) is 0 Å². The highest BCUT2D eigenvalue weighted by molar-refractivity contribution is 7.46. The number of ether oxygens (including phenoxy) is 2. The molecule has 0 unspecified atom stereocenters. The van der Waals surface area contributed by atoms with Crippen LogP contribution < -0.4 is 0 Å². The summed E-state index contributed by atoms with van der Waals surface area (Å²) in [7, 11) is -4.68. The molecule has 0 radical (unpaired) electrons. The van der Waals surface area contributed by atoms with E-state index in [2.05, 4.69) is 67.0 Å². The van der Waals surface area contributed by atoms with Crippen molar-refractivity contribution in [1.29, 1.82) is 0 Å². The van der Waals surface area contributed by atoms with Crippen molar-refractivity contribution in [3.8, 4) is 0 Å². The standard InChI is InChI=1S/C39H69O7P/c1-3-5-7-9-11-13-15-17-19-21-23-25-27-29-31-33-35-44-36-38(37-45-47(41,42)43)46-39(40)34-32-30-28-26-24-22-20-18-16-14-12-10-8-6-4-2/h6,8,12,14,18,20,24,26,33,35,38H,3-5,7,9-11,13,15-17,19,21-23,25,27-32,34,36-37H2,1-2H3,(H2,41,42,43)/b8-6-,14-12-,20-18-,26-24-,35-33-/t38-/m1/s1. The van der Waals surface area contributed by atoms with Crippen molar-refractivity contribution < 1.29 is 33.1 Å². The van der Waals surface area contributed by atoms with Gasteiger partial charge >= 0.3 is 13.8 Å². The van der Waals surface area contributed by atoms with E-state index in [1.807, 2.05) is 6.08 Å². The molecule has 0 aliphatic rings. The first-order valence-electron chi connectivity index (χ1n) is 18.6. The Hall–Kier alpha value is -1.92. The summed E-state index contributed by atoms with van der Waals surface area (Å²) in [6.07, 6.45) is 45.9. The number of phosphoric acid groups is 1. The summed E-state index contributed by atoms with van der Waals surface area (Å²) in [6, 6.07) is 0. The molecule has 0 saturated heterocycles. The summed E-state index contributed by atoms with van der Waals surface area (Å²) in [5.74, 6) is -0.426. The summed E-state index contributed by atoms with van der Waals surface area (Å²) in [4.78, 5) is 30.4. The second kappa shape index (κ2) is 35.4. The lowest BCUT2D eigenvalue weighted by Crippen LogP contribution is -2.27. The number of hydrogen-bond acceptors (Lipinski definition) is 5. The van der Waals surface area contributed by atoms with Crippen LogP contribution >= 0.6 is 7.82 Å². The molecule has 7 nitrogen and oxygen atoms in total. The van der Waals surface area contributed by atoms with E-state index in [1.165, 1.54) is 83.5 Å². The average molecular weight is 681 g/mol. The van der Waals surface area contributed by atoms with Gasteiger partial charge in [-0.25, -0.2) is 4.57 Å². The second-order valence-electron chi connectivity index (χ2n) is 12.2. The third-order valence-electron chi connectivity index (χ3n) is 7.65. The van der Waals surface area contributed by atoms with Crippen LogP contribution in [-0.2, 0) is 23.4 Å². The van der Waals surface area contributed by atoms with E-state index in [0.29, 0.717) is 6.42 Å². The van der Waals surface area contributed by atoms with Crippen LogP contribution in [0.5, 0.6) is 0 Å². The molecule has 2 N–H and O–H groups in total. The van der Waals surface area contributed by atoms with Crippen molar-refractivity contribution in [3.63, 3.8) is 0 Å². The van der Waals surface area contributed by atoms with Gasteiger partial charge in [0.2, 0.25) is 0 Å². The first-order valence-corrected chi connectivity index (χ1v) is 20.2. The summed E-state index contributed by atoms with van der Waals surface area (Å²) < 4.78 is 26.6. The molecule has 0 fully saturated rings. The molecule has 0 spiro atoms. The summed E-state index contributed by atoms with van der Waals surface area (Å²) in [6.45, 7) is 3.95. The van der Waals surface area contributed by atoms with E-state index < -0.39 is 26.5 Å². The van der Waals surface area contributed by atoms with Crippen LogP contribution in [0.25, 0.3) is 0 Å². The van der Waals surface area contributed by atoms with Crippen molar-refractivity contribution in [2.75, 3.05) is 13.2 Å². The van der Waals surface area contributed by atoms with Crippen LogP contribution in [0, 0.1) is 0 Å². The van der Waals surface area contributed by atoms with E-state index in [0.717, 1.165) is 51.4 Å². The lowest BCUT2D eigenvalue weighted by atomic mass is 10.0. The van der Waals surface area contributed by atoms with Crippen molar-refractivity contribution in [1.82, 2.24) is 0 Å². The number of carbonyl (C=O) groups is 1. The Morgan fingerprint density at radius 2 is 1.06 bits per heavy atom. The first kappa shape index (κ1) is 45.1. The largest absolute Gasteiger partial charge is 0.498 e. The van der Waals surface area contributed by atoms with Gasteiger partial charge in [-0.1, -0.05) is 146 Å². The number of hydrogen-bond donors (Lipinski definition) is 2. The predicted molar refractivity (Wildman–Crippen MR) is 197 cm³/mol. The maximum Gasteiger partial charge on any atom is 0.469 e. The molecular weight excluding hydrogens is 611 g/mol. The smallest absolute Gasteiger partial charge is 0.469 e. The topological polar surface area (TPSA) is 102 Å². The zero-order chi connectivity index (χ0) is 34.5. The van der Waals surface area contributed by atoms with E-state index in [4.69, 9.17) is 19.3 Å². The zero-order valence-corrected chi connectivity index (χ0v) is 30.8. The van der Waals surface area contributed by atoms with Gasteiger partial charge in [-0.2, -0.15) is 0 Å². The monoisotopic (exact) mass is 680 g/mol. The SMILES string of the molecule is CC/C=C\C/C=C\C/C=C\C/C=C\CCCCC(=O)O[C@H](CO/C=C\CCCCCCCCCCCCCCCC)COP(=O)(O)O. The average Bonchev–Trinajstić information content (AvgIpc) is 3.04. The van der Waals surface area contributed by atoms with Crippen LogP contribution in [0.15, 0.2) is 60.9 Å². The lowest BCUT2D eigenvalue weighted by molar-refractivity contribution is -0.153. The van der Waals surface area contributed by atoms with Gasteiger partial charge in [0, 0.05) is 6.42 Å². The lowest BCUT2D eigenvalue weighted by Gasteiger charge is -2.18. The predicted octanol–water partition coefficient (Wildman–Crippen LogP) is 11.8. The van der Waals surface area contributed by atoms with Gasteiger partial charge in [0.15, 0.2) is 6.10 Å². The number of allylic oxidation sites excluding steroid dienone is 9. The van der Waals surface area contributed by atoms with E-state index in [1.54, 1.807) is 6.26 Å². The Labute approximate surface area is 288 Å². The van der Waals surface area contributed by atoms with Crippen LogP contribution in [-0.4, -0.2) is 35.1 Å². The molecule has 0 bridgehead atoms. The second-order valence-corrected chi connectivity index (χ2v) is 13.5. The summed E-state index contributed by atoms with van der Waals surface area (Å²) in [5.41, 5.74) is 0. The Bertz CT molecular complexity index is 888. The normalized spacial score (nSPS) is 13.3. The molecule has 1 atom stereocenters. The highest BCUT2D eigenvalue weighted by atomic mass is 31.2. The minimum atomic E-state index is -4.68. The first-order chi connectivity index (χ1) is 22.9. The van der Waals surface area contributed by atoms with E-state index in [-0.39, 0.29) is 13.0 Å². The van der Waals surface area contributed by atoms with Gasteiger partial charge in [-0.3, -0.25) is 9.32 Å². The molecular formula is C39H69O7P. The Balaban J connectivity index is 3.97. The fourth-order valence-corrected chi connectivity index (χ4v) is 5.29. The van der Waals surface area contributed by atoms with Crippen molar-refractivity contribution >= 4 is 13.8 Å². The molecule has 0 aromatic carbocycles. The molecule has 0 saturated carbocycles. The minimum Gasteiger partial charge on any atom is -0.498 e. The maximum atomic E-state index is 12.3. The molecule has 47 heavy (non-hydrogen) atoms. The zero-order valence-electron chi connectivity index (χ0n) is 29.9.